The lowest BCUT2D eigenvalue weighted by molar-refractivity contribution is -0.138. The number of rotatable bonds is 3. The molecule has 0 saturated carbocycles. The summed E-state index contributed by atoms with van der Waals surface area (Å²) >= 11 is 0. The van der Waals surface area contributed by atoms with Gasteiger partial charge in [-0.05, 0) is 17.7 Å². The lowest BCUT2D eigenvalue weighted by Crippen LogP contribution is -2.11. The summed E-state index contributed by atoms with van der Waals surface area (Å²) in [5.74, 6) is -0.334. The van der Waals surface area contributed by atoms with Gasteiger partial charge in [-0.1, -0.05) is 6.07 Å². The van der Waals surface area contributed by atoms with E-state index >= 15 is 0 Å². The van der Waals surface area contributed by atoms with E-state index in [4.69, 9.17) is 11.5 Å². The van der Waals surface area contributed by atoms with Gasteiger partial charge in [0.2, 0.25) is 5.95 Å². The highest BCUT2D eigenvalue weighted by molar-refractivity contribution is 5.83. The molecule has 0 spiro atoms. The second-order valence-corrected chi connectivity index (χ2v) is 6.54. The zero-order chi connectivity index (χ0) is 22.6. The Morgan fingerprint density at radius 2 is 1.65 bits per heavy atom. The standard InChI is InChI=1S/C17H12F6N8/c18-16(19,20)9-4-26-31(7-9)14-10-5-27-30(13(10)28-15(25)29-14)6-8-1-2-12(24)11(3-8)17(21,22)23/h1-5,7H,6,24H2,(H2,25,28,29). The predicted molar refractivity (Wildman–Crippen MR) is 96.8 cm³/mol. The molecule has 0 saturated heterocycles. The zero-order valence-electron chi connectivity index (χ0n) is 15.3. The van der Waals surface area contributed by atoms with E-state index in [1.807, 2.05) is 0 Å². The summed E-state index contributed by atoms with van der Waals surface area (Å²) < 4.78 is 80.1. The lowest BCUT2D eigenvalue weighted by Gasteiger charge is -2.12. The minimum Gasteiger partial charge on any atom is -0.398 e. The Kier molecular flexibility index (Phi) is 4.52. The highest BCUT2D eigenvalue weighted by Crippen LogP contribution is 2.34. The number of nitrogen functional groups attached to an aromatic ring is 2. The minimum absolute atomic E-state index is 0.0578. The Balaban J connectivity index is 1.76. The first-order chi connectivity index (χ1) is 14.4. The molecule has 3 aromatic heterocycles. The number of nitrogens with zero attached hydrogens (tertiary/aromatic N) is 6. The van der Waals surface area contributed by atoms with Crippen LogP contribution in [-0.4, -0.2) is 29.5 Å². The maximum atomic E-state index is 13.1. The van der Waals surface area contributed by atoms with Crippen LogP contribution in [0.25, 0.3) is 16.9 Å². The molecule has 0 aliphatic carbocycles. The van der Waals surface area contributed by atoms with E-state index < -0.39 is 29.2 Å². The molecule has 0 aliphatic rings. The minimum atomic E-state index is -4.64. The summed E-state index contributed by atoms with van der Waals surface area (Å²) in [7, 11) is 0. The Hall–Kier alpha value is -3.84. The first-order valence-electron chi connectivity index (χ1n) is 8.50. The van der Waals surface area contributed by atoms with Crippen LogP contribution in [-0.2, 0) is 18.9 Å². The van der Waals surface area contributed by atoms with Gasteiger partial charge < -0.3 is 11.5 Å². The van der Waals surface area contributed by atoms with Gasteiger partial charge in [0.1, 0.15) is 0 Å². The summed E-state index contributed by atoms with van der Waals surface area (Å²) in [6.07, 6.45) is -6.62. The number of nitrogens with two attached hydrogens (primary N) is 2. The SMILES string of the molecule is Nc1nc(-n2cc(C(F)(F)F)cn2)c2cnn(Cc3ccc(N)c(C(F)(F)F)c3)c2n1. The van der Waals surface area contributed by atoms with Crippen molar-refractivity contribution < 1.29 is 26.3 Å². The molecule has 14 heteroatoms. The molecular formula is C17H12F6N8. The molecule has 1 aromatic carbocycles. The van der Waals surface area contributed by atoms with Gasteiger partial charge in [0.15, 0.2) is 11.5 Å². The third kappa shape index (κ3) is 3.83. The normalized spacial score (nSPS) is 12.6. The van der Waals surface area contributed by atoms with E-state index in [9.17, 15) is 26.3 Å². The summed E-state index contributed by atoms with van der Waals surface area (Å²) in [6, 6.07) is 3.41. The molecule has 162 valence electrons. The fourth-order valence-corrected chi connectivity index (χ4v) is 2.95. The molecule has 0 unspecified atom stereocenters. The lowest BCUT2D eigenvalue weighted by atomic mass is 10.1. The molecule has 4 aromatic rings. The molecule has 4 rings (SSSR count). The van der Waals surface area contributed by atoms with Gasteiger partial charge in [-0.3, -0.25) is 0 Å². The van der Waals surface area contributed by atoms with Gasteiger partial charge in [0.25, 0.3) is 0 Å². The largest absolute Gasteiger partial charge is 0.419 e. The Bertz CT molecular complexity index is 1270. The van der Waals surface area contributed by atoms with Gasteiger partial charge in [-0.25, -0.2) is 9.36 Å². The quantitative estimate of drug-likeness (QED) is 0.372. The molecule has 0 aliphatic heterocycles. The van der Waals surface area contributed by atoms with Crippen molar-refractivity contribution >= 4 is 22.7 Å². The van der Waals surface area contributed by atoms with Gasteiger partial charge >= 0.3 is 12.4 Å². The number of benzene rings is 1. The molecule has 0 amide bonds. The number of hydrogen-bond donors (Lipinski definition) is 2. The number of aromatic nitrogens is 6. The van der Waals surface area contributed by atoms with Crippen molar-refractivity contribution in [1.29, 1.82) is 0 Å². The zero-order valence-corrected chi connectivity index (χ0v) is 15.3. The Morgan fingerprint density at radius 3 is 2.29 bits per heavy atom. The van der Waals surface area contributed by atoms with E-state index in [-0.39, 0.29) is 34.9 Å². The van der Waals surface area contributed by atoms with E-state index in [0.717, 1.165) is 23.0 Å². The number of alkyl halides is 6. The van der Waals surface area contributed by atoms with E-state index in [1.54, 1.807) is 0 Å². The molecular weight excluding hydrogens is 430 g/mol. The van der Waals surface area contributed by atoms with Crippen LogP contribution in [0.5, 0.6) is 0 Å². The van der Waals surface area contributed by atoms with Crippen molar-refractivity contribution in [3.8, 4) is 5.82 Å². The smallest absolute Gasteiger partial charge is 0.398 e. The average Bonchev–Trinajstić information content (AvgIpc) is 3.29. The fraction of sp³-hybridized carbons (Fsp3) is 0.176. The molecule has 0 radical (unpaired) electrons. The summed E-state index contributed by atoms with van der Waals surface area (Å²) in [5, 5.41) is 7.94. The molecule has 0 fully saturated rings. The highest BCUT2D eigenvalue weighted by Gasteiger charge is 2.34. The first kappa shape index (κ1) is 20.4. The van der Waals surface area contributed by atoms with Gasteiger partial charge in [-0.15, -0.1) is 0 Å². The van der Waals surface area contributed by atoms with Crippen molar-refractivity contribution in [3.63, 3.8) is 0 Å². The summed E-state index contributed by atoms with van der Waals surface area (Å²) in [6.45, 7) is -0.129. The van der Waals surface area contributed by atoms with E-state index in [1.165, 1.54) is 16.9 Å². The second kappa shape index (κ2) is 6.85. The van der Waals surface area contributed by atoms with Crippen molar-refractivity contribution in [2.24, 2.45) is 0 Å². The third-order valence-electron chi connectivity index (χ3n) is 4.38. The topological polar surface area (TPSA) is 113 Å². The molecule has 3 heterocycles. The van der Waals surface area contributed by atoms with Crippen molar-refractivity contribution in [2.45, 2.75) is 18.9 Å². The molecule has 8 nitrogen and oxygen atoms in total. The second-order valence-electron chi connectivity index (χ2n) is 6.54. The third-order valence-corrected chi connectivity index (χ3v) is 4.38. The molecule has 0 atom stereocenters. The number of halogens is 6. The van der Waals surface area contributed by atoms with Crippen molar-refractivity contribution in [1.82, 2.24) is 29.5 Å². The van der Waals surface area contributed by atoms with Crippen LogP contribution < -0.4 is 11.5 Å². The maximum Gasteiger partial charge on any atom is 0.419 e. The number of hydrogen-bond acceptors (Lipinski definition) is 6. The Labute approximate surface area is 169 Å². The maximum absolute atomic E-state index is 13.1. The van der Waals surface area contributed by atoms with Gasteiger partial charge in [-0.2, -0.15) is 46.5 Å². The highest BCUT2D eigenvalue weighted by atomic mass is 19.4. The van der Waals surface area contributed by atoms with Crippen LogP contribution in [0.2, 0.25) is 0 Å². The van der Waals surface area contributed by atoms with Crippen LogP contribution in [0.3, 0.4) is 0 Å². The van der Waals surface area contributed by atoms with Crippen LogP contribution in [0.1, 0.15) is 16.7 Å². The van der Waals surface area contributed by atoms with Crippen molar-refractivity contribution in [3.05, 3.63) is 53.5 Å². The number of anilines is 2. The van der Waals surface area contributed by atoms with Crippen LogP contribution >= 0.6 is 0 Å². The molecule has 31 heavy (non-hydrogen) atoms. The van der Waals surface area contributed by atoms with E-state index in [0.29, 0.717) is 6.20 Å². The number of fused-ring (bicyclic) bond motifs is 1. The monoisotopic (exact) mass is 442 g/mol. The first-order valence-corrected chi connectivity index (χ1v) is 8.50. The Morgan fingerprint density at radius 1 is 0.903 bits per heavy atom. The van der Waals surface area contributed by atoms with Crippen LogP contribution in [0.4, 0.5) is 38.0 Å². The van der Waals surface area contributed by atoms with Gasteiger partial charge in [0, 0.05) is 11.9 Å². The molecule has 4 N–H and O–H groups in total. The van der Waals surface area contributed by atoms with Crippen molar-refractivity contribution in [2.75, 3.05) is 11.5 Å². The summed E-state index contributed by atoms with van der Waals surface area (Å²) in [4.78, 5) is 7.95. The van der Waals surface area contributed by atoms with Crippen LogP contribution in [0, 0.1) is 0 Å². The average molecular weight is 442 g/mol. The summed E-state index contributed by atoms with van der Waals surface area (Å²) in [5.41, 5.74) is 9.02. The van der Waals surface area contributed by atoms with E-state index in [2.05, 4.69) is 20.2 Å². The predicted octanol–water partition coefficient (Wildman–Crippen LogP) is 3.26. The van der Waals surface area contributed by atoms with Crippen LogP contribution in [0.15, 0.2) is 36.8 Å². The molecule has 0 bridgehead atoms. The fourth-order valence-electron chi connectivity index (χ4n) is 2.95. The van der Waals surface area contributed by atoms with Gasteiger partial charge in [0.05, 0.1) is 35.5 Å².